The topological polar surface area (TPSA) is 64.6 Å². The van der Waals surface area contributed by atoms with E-state index in [4.69, 9.17) is 32.7 Å². The van der Waals surface area contributed by atoms with Crippen LogP contribution in [0.5, 0.6) is 5.75 Å². The van der Waals surface area contributed by atoms with E-state index in [1.54, 1.807) is 18.2 Å². The van der Waals surface area contributed by atoms with Gasteiger partial charge in [0.05, 0.1) is 17.7 Å². The number of fused-ring (bicyclic) bond motifs is 1. The molecule has 1 heterocycles. The third-order valence-electron chi connectivity index (χ3n) is 4.41. The fraction of sp³-hybridized carbons (Fsp3) is 0.368. The van der Waals surface area contributed by atoms with Gasteiger partial charge in [0.15, 0.2) is 6.61 Å². The van der Waals surface area contributed by atoms with E-state index in [0.29, 0.717) is 32.3 Å². The van der Waals surface area contributed by atoms with E-state index in [0.717, 1.165) is 29.7 Å². The molecule has 3 rings (SSSR count). The van der Waals surface area contributed by atoms with Crippen molar-refractivity contribution in [2.24, 2.45) is 5.92 Å². The van der Waals surface area contributed by atoms with Gasteiger partial charge in [0.1, 0.15) is 10.8 Å². The van der Waals surface area contributed by atoms with Crippen LogP contribution >= 0.6 is 34.5 Å². The molecule has 5 nitrogen and oxygen atoms in total. The quantitative estimate of drug-likeness (QED) is 0.682. The van der Waals surface area contributed by atoms with E-state index < -0.39 is 5.97 Å². The molecule has 1 atom stereocenters. The lowest BCUT2D eigenvalue weighted by molar-refractivity contribution is -0.118. The number of nitrogens with one attached hydrogen (secondary N) is 1. The molecule has 1 aliphatic rings. The number of hydrogen-bond acceptors (Lipinski definition) is 5. The number of carbonyl (C=O) groups is 2. The van der Waals surface area contributed by atoms with Gasteiger partial charge in [-0.1, -0.05) is 30.1 Å². The molecule has 1 aliphatic carbocycles. The Morgan fingerprint density at radius 1 is 1.33 bits per heavy atom. The van der Waals surface area contributed by atoms with E-state index in [1.807, 2.05) is 0 Å². The van der Waals surface area contributed by atoms with Crippen LogP contribution in [0, 0.1) is 5.92 Å². The van der Waals surface area contributed by atoms with Crippen LogP contribution in [-0.2, 0) is 22.4 Å². The summed E-state index contributed by atoms with van der Waals surface area (Å²) in [7, 11) is 1.34. The third-order valence-corrected chi connectivity index (χ3v) is 6.12. The van der Waals surface area contributed by atoms with Gasteiger partial charge in [-0.2, -0.15) is 0 Å². The van der Waals surface area contributed by atoms with Crippen LogP contribution in [0.3, 0.4) is 0 Å². The molecule has 0 fully saturated rings. The van der Waals surface area contributed by atoms with E-state index in [2.05, 4.69) is 12.2 Å². The fourth-order valence-corrected chi connectivity index (χ4v) is 4.80. The van der Waals surface area contributed by atoms with Crippen LogP contribution < -0.4 is 10.1 Å². The van der Waals surface area contributed by atoms with E-state index in [1.165, 1.54) is 18.4 Å². The summed E-state index contributed by atoms with van der Waals surface area (Å²) in [6.45, 7) is 1.93. The van der Waals surface area contributed by atoms with Crippen molar-refractivity contribution in [3.63, 3.8) is 0 Å². The number of thiophene rings is 1. The number of benzene rings is 1. The standard InChI is InChI=1S/C19H19Cl2NO4S/c1-10-3-5-12-15(7-10)27-18(17(12)19(24)25-2)22-16(23)9-26-14-8-11(20)4-6-13(14)21/h4,6,8,10H,3,5,7,9H2,1-2H3,(H,22,23)/t10-/m0/s1. The first-order valence-electron chi connectivity index (χ1n) is 8.49. The van der Waals surface area contributed by atoms with Crippen molar-refractivity contribution < 1.29 is 19.1 Å². The average molecular weight is 428 g/mol. The number of carbonyl (C=O) groups excluding carboxylic acids is 2. The molecule has 0 bridgehead atoms. The Balaban J connectivity index is 1.75. The molecule has 0 spiro atoms. The average Bonchev–Trinajstić information content (AvgIpc) is 2.98. The van der Waals surface area contributed by atoms with Gasteiger partial charge in [0, 0.05) is 16.0 Å². The molecular formula is C19H19Cl2NO4S. The molecule has 1 aromatic carbocycles. The molecule has 1 aromatic heterocycles. The molecule has 0 saturated carbocycles. The van der Waals surface area contributed by atoms with Gasteiger partial charge < -0.3 is 14.8 Å². The second kappa shape index (κ2) is 8.50. The summed E-state index contributed by atoms with van der Waals surface area (Å²) in [5.74, 6) is 0.0595. The Labute approximate surface area is 171 Å². The van der Waals surface area contributed by atoms with Crippen LogP contribution in [0.1, 0.15) is 34.1 Å². The number of hydrogen-bond donors (Lipinski definition) is 1. The van der Waals surface area contributed by atoms with Gasteiger partial charge in [-0.05, 0) is 42.9 Å². The lowest BCUT2D eigenvalue weighted by Crippen LogP contribution is -2.21. The van der Waals surface area contributed by atoms with Gasteiger partial charge in [0.25, 0.3) is 5.91 Å². The van der Waals surface area contributed by atoms with E-state index in [9.17, 15) is 9.59 Å². The molecule has 144 valence electrons. The van der Waals surface area contributed by atoms with Gasteiger partial charge in [-0.15, -0.1) is 11.3 Å². The van der Waals surface area contributed by atoms with Gasteiger partial charge >= 0.3 is 5.97 Å². The highest BCUT2D eigenvalue weighted by molar-refractivity contribution is 7.17. The second-order valence-electron chi connectivity index (χ2n) is 6.46. The zero-order valence-electron chi connectivity index (χ0n) is 14.9. The highest BCUT2D eigenvalue weighted by atomic mass is 35.5. The number of halogens is 2. The maximum atomic E-state index is 12.4. The molecule has 1 N–H and O–H groups in total. The first-order valence-corrected chi connectivity index (χ1v) is 10.1. The Morgan fingerprint density at radius 3 is 2.85 bits per heavy atom. The first kappa shape index (κ1) is 20.0. The number of rotatable bonds is 5. The lowest BCUT2D eigenvalue weighted by atomic mass is 9.88. The Kier molecular flexibility index (Phi) is 6.29. The van der Waals surface area contributed by atoms with Gasteiger partial charge in [-0.3, -0.25) is 4.79 Å². The number of esters is 1. The highest BCUT2D eigenvalue weighted by Gasteiger charge is 2.28. The second-order valence-corrected chi connectivity index (χ2v) is 8.41. The maximum Gasteiger partial charge on any atom is 0.341 e. The van der Waals surface area contributed by atoms with E-state index >= 15 is 0 Å². The summed E-state index contributed by atoms with van der Waals surface area (Å²) < 4.78 is 10.4. The molecule has 0 radical (unpaired) electrons. The summed E-state index contributed by atoms with van der Waals surface area (Å²) in [6, 6.07) is 4.78. The molecule has 2 aromatic rings. The number of ether oxygens (including phenoxy) is 2. The number of amides is 1. The lowest BCUT2D eigenvalue weighted by Gasteiger charge is -2.18. The Hall–Kier alpha value is -1.76. The van der Waals surface area contributed by atoms with E-state index in [-0.39, 0.29) is 12.5 Å². The molecular weight excluding hydrogens is 409 g/mol. The summed E-state index contributed by atoms with van der Waals surface area (Å²) in [5, 5.41) is 4.11. The number of methoxy groups -OCH3 is 1. The van der Waals surface area contributed by atoms with Crippen LogP contribution in [-0.4, -0.2) is 25.6 Å². The molecule has 1 amide bonds. The van der Waals surface area contributed by atoms with Crippen molar-refractivity contribution in [2.75, 3.05) is 19.0 Å². The predicted molar refractivity (Wildman–Crippen MR) is 107 cm³/mol. The minimum Gasteiger partial charge on any atom is -0.482 e. The zero-order chi connectivity index (χ0) is 19.6. The van der Waals surface area contributed by atoms with Crippen molar-refractivity contribution in [1.82, 2.24) is 0 Å². The van der Waals surface area contributed by atoms with Crippen LogP contribution in [0.4, 0.5) is 5.00 Å². The highest BCUT2D eigenvalue weighted by Crippen LogP contribution is 2.40. The molecule has 0 aliphatic heterocycles. The van der Waals surface area contributed by atoms with Crippen LogP contribution in [0.25, 0.3) is 0 Å². The smallest absolute Gasteiger partial charge is 0.341 e. The molecule has 0 saturated heterocycles. The zero-order valence-corrected chi connectivity index (χ0v) is 17.3. The maximum absolute atomic E-state index is 12.4. The number of anilines is 1. The van der Waals surface area contributed by atoms with Crippen molar-refractivity contribution >= 4 is 51.4 Å². The Bertz CT molecular complexity index is 881. The normalized spacial score (nSPS) is 15.8. The largest absolute Gasteiger partial charge is 0.482 e. The SMILES string of the molecule is COC(=O)c1c(NC(=O)COc2cc(Cl)ccc2Cl)sc2c1CC[C@H](C)C2. The van der Waals surface area contributed by atoms with Gasteiger partial charge in [0.2, 0.25) is 0 Å². The van der Waals surface area contributed by atoms with Crippen molar-refractivity contribution in [1.29, 1.82) is 0 Å². The molecule has 0 unspecified atom stereocenters. The minimum absolute atomic E-state index is 0.250. The molecule has 27 heavy (non-hydrogen) atoms. The Morgan fingerprint density at radius 2 is 2.11 bits per heavy atom. The van der Waals surface area contributed by atoms with Crippen LogP contribution in [0.15, 0.2) is 18.2 Å². The van der Waals surface area contributed by atoms with Crippen molar-refractivity contribution in [3.05, 3.63) is 44.2 Å². The summed E-state index contributed by atoms with van der Waals surface area (Å²) in [5.41, 5.74) is 1.44. The minimum atomic E-state index is -0.434. The first-order chi connectivity index (χ1) is 12.9. The molecule has 8 heteroatoms. The summed E-state index contributed by atoms with van der Waals surface area (Å²) >= 11 is 13.4. The monoisotopic (exact) mass is 427 g/mol. The third kappa shape index (κ3) is 4.57. The van der Waals surface area contributed by atoms with Crippen molar-refractivity contribution in [2.45, 2.75) is 26.2 Å². The van der Waals surface area contributed by atoms with Gasteiger partial charge in [-0.25, -0.2) is 4.79 Å². The summed E-state index contributed by atoms with van der Waals surface area (Å²) in [4.78, 5) is 25.8. The summed E-state index contributed by atoms with van der Waals surface area (Å²) in [6.07, 6.45) is 2.72. The predicted octanol–water partition coefficient (Wildman–Crippen LogP) is 4.98. The van der Waals surface area contributed by atoms with Crippen molar-refractivity contribution in [3.8, 4) is 5.75 Å². The fourth-order valence-electron chi connectivity index (χ4n) is 3.05. The van der Waals surface area contributed by atoms with Crippen LogP contribution in [0.2, 0.25) is 10.0 Å².